The van der Waals surface area contributed by atoms with E-state index in [1.165, 1.54) is 50.4 Å². The van der Waals surface area contributed by atoms with Crippen LogP contribution < -0.4 is 15.5 Å². The quantitative estimate of drug-likeness (QED) is 0.443. The topological polar surface area (TPSA) is 46.1 Å². The number of aryl methyl sites for hydroxylation is 1. The summed E-state index contributed by atoms with van der Waals surface area (Å²) >= 11 is 0. The summed E-state index contributed by atoms with van der Waals surface area (Å²) in [5, 5.41) is 7.11. The molecule has 6 nitrogen and oxygen atoms in total. The molecule has 2 aliphatic heterocycles. The molecular formula is C22H38N6. The van der Waals surface area contributed by atoms with Crippen LogP contribution in [0.4, 0.5) is 5.69 Å². The maximum Gasteiger partial charge on any atom is 0.191 e. The lowest BCUT2D eigenvalue weighted by Crippen LogP contribution is -2.45. The Morgan fingerprint density at radius 3 is 2.71 bits per heavy atom. The van der Waals surface area contributed by atoms with E-state index in [9.17, 15) is 0 Å². The van der Waals surface area contributed by atoms with Gasteiger partial charge in [0.05, 0.1) is 0 Å². The number of rotatable bonds is 6. The number of hydrogen-bond donors (Lipinski definition) is 2. The zero-order chi connectivity index (χ0) is 19.8. The summed E-state index contributed by atoms with van der Waals surface area (Å²) in [6, 6.07) is 9.29. The monoisotopic (exact) mass is 386 g/mol. The van der Waals surface area contributed by atoms with Crippen LogP contribution in [0.2, 0.25) is 0 Å². The predicted molar refractivity (Wildman–Crippen MR) is 119 cm³/mol. The lowest BCUT2D eigenvalue weighted by Gasteiger charge is -2.22. The zero-order valence-electron chi connectivity index (χ0n) is 18.0. The summed E-state index contributed by atoms with van der Waals surface area (Å²) in [4.78, 5) is 11.9. The van der Waals surface area contributed by atoms with Crippen LogP contribution in [0.3, 0.4) is 0 Å². The van der Waals surface area contributed by atoms with Gasteiger partial charge in [-0.25, -0.2) is 0 Å². The van der Waals surface area contributed by atoms with Gasteiger partial charge in [0.1, 0.15) is 0 Å². The van der Waals surface area contributed by atoms with Crippen LogP contribution in [0.25, 0.3) is 0 Å². The molecule has 0 amide bonds. The fourth-order valence-electron chi connectivity index (χ4n) is 4.09. The molecule has 3 rings (SSSR count). The second kappa shape index (κ2) is 10.7. The maximum atomic E-state index is 4.43. The average molecular weight is 387 g/mol. The van der Waals surface area contributed by atoms with Gasteiger partial charge < -0.3 is 25.3 Å². The van der Waals surface area contributed by atoms with Crippen molar-refractivity contribution in [3.63, 3.8) is 0 Å². The van der Waals surface area contributed by atoms with E-state index in [1.54, 1.807) is 0 Å². The fourth-order valence-corrected chi connectivity index (χ4v) is 4.09. The number of guanidine groups is 1. The van der Waals surface area contributed by atoms with Crippen LogP contribution in [0.5, 0.6) is 0 Å². The molecule has 2 saturated heterocycles. The first-order valence-corrected chi connectivity index (χ1v) is 10.8. The van der Waals surface area contributed by atoms with Crippen LogP contribution in [0.15, 0.2) is 29.3 Å². The van der Waals surface area contributed by atoms with Gasteiger partial charge in [0.25, 0.3) is 0 Å². The fraction of sp³-hybridized carbons (Fsp3) is 0.682. The van der Waals surface area contributed by atoms with Gasteiger partial charge >= 0.3 is 0 Å². The SMILES string of the molecule is CN=C(NCCCN1CCCN(C)CC1)NC1CCN(c2ccc(C)cc2)C1. The number of aliphatic imine (C=N–C) groups is 1. The number of anilines is 1. The van der Waals surface area contributed by atoms with E-state index in [1.807, 2.05) is 7.05 Å². The minimum Gasteiger partial charge on any atom is -0.369 e. The molecule has 1 atom stereocenters. The largest absolute Gasteiger partial charge is 0.369 e. The summed E-state index contributed by atoms with van der Waals surface area (Å²) in [6.07, 6.45) is 3.59. The Morgan fingerprint density at radius 2 is 1.93 bits per heavy atom. The number of nitrogens with zero attached hydrogens (tertiary/aromatic N) is 4. The molecule has 2 aliphatic rings. The summed E-state index contributed by atoms with van der Waals surface area (Å²) in [7, 11) is 4.09. The molecular weight excluding hydrogens is 348 g/mol. The third-order valence-corrected chi connectivity index (χ3v) is 5.91. The molecule has 0 saturated carbocycles. The van der Waals surface area contributed by atoms with Crippen LogP contribution in [-0.2, 0) is 0 Å². The first-order valence-electron chi connectivity index (χ1n) is 10.8. The van der Waals surface area contributed by atoms with Gasteiger partial charge in [-0.05, 0) is 65.0 Å². The van der Waals surface area contributed by atoms with Crippen molar-refractivity contribution in [2.75, 3.05) is 71.4 Å². The van der Waals surface area contributed by atoms with Crippen molar-refractivity contribution in [2.24, 2.45) is 4.99 Å². The average Bonchev–Trinajstić information content (AvgIpc) is 3.06. The molecule has 0 aliphatic carbocycles. The molecule has 1 unspecified atom stereocenters. The number of benzene rings is 1. The number of likely N-dealkylation sites (N-methyl/N-ethyl adjacent to an activating group) is 1. The molecule has 1 aromatic rings. The lowest BCUT2D eigenvalue weighted by molar-refractivity contribution is 0.274. The van der Waals surface area contributed by atoms with Gasteiger partial charge in [-0.1, -0.05) is 17.7 Å². The van der Waals surface area contributed by atoms with Gasteiger partial charge in [0.15, 0.2) is 5.96 Å². The summed E-state index contributed by atoms with van der Waals surface area (Å²) in [5.41, 5.74) is 2.63. The van der Waals surface area contributed by atoms with Crippen molar-refractivity contribution in [3.8, 4) is 0 Å². The number of hydrogen-bond acceptors (Lipinski definition) is 4. The van der Waals surface area contributed by atoms with E-state index < -0.39 is 0 Å². The van der Waals surface area contributed by atoms with Gasteiger partial charge in [-0.15, -0.1) is 0 Å². The van der Waals surface area contributed by atoms with Crippen molar-refractivity contribution < 1.29 is 0 Å². The lowest BCUT2D eigenvalue weighted by atomic mass is 10.2. The Bertz CT molecular complexity index is 614. The van der Waals surface area contributed by atoms with E-state index in [4.69, 9.17) is 0 Å². The summed E-state index contributed by atoms with van der Waals surface area (Å²) in [5.74, 6) is 0.936. The van der Waals surface area contributed by atoms with Crippen LogP contribution in [0, 0.1) is 6.92 Å². The Kier molecular flexibility index (Phi) is 7.98. The highest BCUT2D eigenvalue weighted by atomic mass is 15.2. The second-order valence-electron chi connectivity index (χ2n) is 8.26. The molecule has 0 aromatic heterocycles. The molecule has 0 radical (unpaired) electrons. The van der Waals surface area contributed by atoms with E-state index in [0.29, 0.717) is 6.04 Å². The standard InChI is InChI=1S/C22H38N6/c1-19-6-8-21(9-7-19)28-15-10-20(18-28)25-22(23-2)24-11-4-13-27-14-5-12-26(3)16-17-27/h6-9,20H,4-5,10-18H2,1-3H3,(H2,23,24,25). The second-order valence-corrected chi connectivity index (χ2v) is 8.26. The Labute approximate surface area is 171 Å². The summed E-state index contributed by atoms with van der Waals surface area (Å²) in [6.45, 7) is 11.3. The van der Waals surface area contributed by atoms with E-state index in [2.05, 4.69) is 68.6 Å². The Balaban J connectivity index is 1.35. The molecule has 156 valence electrons. The van der Waals surface area contributed by atoms with Crippen LogP contribution in [0.1, 0.15) is 24.8 Å². The molecule has 2 heterocycles. The van der Waals surface area contributed by atoms with Gasteiger partial charge in [-0.2, -0.15) is 0 Å². The Morgan fingerprint density at radius 1 is 1.11 bits per heavy atom. The highest BCUT2D eigenvalue weighted by molar-refractivity contribution is 5.80. The van der Waals surface area contributed by atoms with E-state index in [0.717, 1.165) is 38.4 Å². The molecule has 6 heteroatoms. The van der Waals surface area contributed by atoms with Gasteiger partial charge in [0, 0.05) is 51.5 Å². The molecule has 28 heavy (non-hydrogen) atoms. The highest BCUT2D eigenvalue weighted by Crippen LogP contribution is 2.20. The minimum absolute atomic E-state index is 0.452. The maximum absolute atomic E-state index is 4.43. The third-order valence-electron chi connectivity index (χ3n) is 5.91. The highest BCUT2D eigenvalue weighted by Gasteiger charge is 2.23. The molecule has 0 spiro atoms. The van der Waals surface area contributed by atoms with Crippen molar-refractivity contribution in [3.05, 3.63) is 29.8 Å². The normalized spacial score (nSPS) is 22.3. The summed E-state index contributed by atoms with van der Waals surface area (Å²) < 4.78 is 0. The molecule has 2 fully saturated rings. The third kappa shape index (κ3) is 6.38. The van der Waals surface area contributed by atoms with Gasteiger partial charge in [-0.3, -0.25) is 4.99 Å². The predicted octanol–water partition coefficient (Wildman–Crippen LogP) is 1.77. The van der Waals surface area contributed by atoms with Gasteiger partial charge in [0.2, 0.25) is 0 Å². The van der Waals surface area contributed by atoms with Crippen molar-refractivity contribution >= 4 is 11.6 Å². The van der Waals surface area contributed by atoms with Crippen molar-refractivity contribution in [1.29, 1.82) is 0 Å². The number of nitrogens with one attached hydrogen (secondary N) is 2. The van der Waals surface area contributed by atoms with Crippen molar-refractivity contribution in [1.82, 2.24) is 20.4 Å². The van der Waals surface area contributed by atoms with E-state index >= 15 is 0 Å². The Hall–Kier alpha value is -1.79. The molecule has 0 bridgehead atoms. The minimum atomic E-state index is 0.452. The smallest absolute Gasteiger partial charge is 0.191 e. The van der Waals surface area contributed by atoms with Crippen molar-refractivity contribution in [2.45, 2.75) is 32.2 Å². The van der Waals surface area contributed by atoms with Crippen LogP contribution >= 0.6 is 0 Å². The zero-order valence-corrected chi connectivity index (χ0v) is 18.0. The van der Waals surface area contributed by atoms with Crippen LogP contribution in [-0.4, -0.2) is 88.3 Å². The first kappa shape index (κ1) is 20.9. The first-order chi connectivity index (χ1) is 13.6. The molecule has 2 N–H and O–H groups in total. The molecule has 1 aromatic carbocycles. The van der Waals surface area contributed by atoms with E-state index in [-0.39, 0.29) is 0 Å².